The van der Waals surface area contributed by atoms with E-state index in [-0.39, 0.29) is 30.0 Å². The zero-order chi connectivity index (χ0) is 19.8. The van der Waals surface area contributed by atoms with Crippen LogP contribution in [-0.4, -0.2) is 36.3 Å². The largest absolute Gasteiger partial charge is 0.356 e. The van der Waals surface area contributed by atoms with E-state index in [1.807, 2.05) is 18.2 Å². The molecule has 2 aromatic carbocycles. The minimum atomic E-state index is -0.347. The first kappa shape index (κ1) is 20.1. The van der Waals surface area contributed by atoms with Crippen molar-refractivity contribution in [3.63, 3.8) is 0 Å². The lowest BCUT2D eigenvalue weighted by Crippen LogP contribution is -2.43. The predicted molar refractivity (Wildman–Crippen MR) is 107 cm³/mol. The van der Waals surface area contributed by atoms with E-state index in [9.17, 15) is 14.0 Å². The van der Waals surface area contributed by atoms with E-state index < -0.39 is 0 Å². The lowest BCUT2D eigenvalue weighted by Gasteiger charge is -2.31. The molecule has 0 aliphatic carbocycles. The third kappa shape index (κ3) is 5.65. The summed E-state index contributed by atoms with van der Waals surface area (Å²) in [7, 11) is 0. The van der Waals surface area contributed by atoms with Crippen molar-refractivity contribution in [1.29, 1.82) is 0 Å². The van der Waals surface area contributed by atoms with Gasteiger partial charge in [-0.25, -0.2) is 4.39 Å². The zero-order valence-corrected chi connectivity index (χ0v) is 16.1. The number of nitrogens with one attached hydrogen (secondary N) is 1. The van der Waals surface area contributed by atoms with E-state index in [1.165, 1.54) is 11.6 Å². The molecule has 2 amide bonds. The molecule has 0 radical (unpaired) electrons. The van der Waals surface area contributed by atoms with Crippen molar-refractivity contribution in [2.24, 2.45) is 5.92 Å². The average molecular weight is 382 g/mol. The molecule has 148 valence electrons. The number of piperidine rings is 1. The third-order valence-electron chi connectivity index (χ3n) is 5.30. The standard InChI is InChI=1S/C23H27FN2O2/c24-21-11-5-4-10-20(21)17-22(27)26-15-12-19(13-16-26)23(28)25-14-6-9-18-7-2-1-3-8-18/h1-5,7-8,10-11,19H,6,9,12-17H2,(H,25,28). The van der Waals surface area contributed by atoms with Crippen LogP contribution in [0.2, 0.25) is 0 Å². The molecule has 4 nitrogen and oxygen atoms in total. The first-order valence-electron chi connectivity index (χ1n) is 9.96. The van der Waals surface area contributed by atoms with Crippen molar-refractivity contribution < 1.29 is 14.0 Å². The van der Waals surface area contributed by atoms with Crippen molar-refractivity contribution in [3.8, 4) is 0 Å². The lowest BCUT2D eigenvalue weighted by molar-refractivity contribution is -0.135. The molecule has 1 aliphatic rings. The Bertz CT molecular complexity index is 786. The third-order valence-corrected chi connectivity index (χ3v) is 5.30. The minimum Gasteiger partial charge on any atom is -0.356 e. The summed E-state index contributed by atoms with van der Waals surface area (Å²) in [5.41, 5.74) is 1.70. The average Bonchev–Trinajstić information content (AvgIpc) is 2.73. The molecule has 0 unspecified atom stereocenters. The predicted octanol–water partition coefficient (Wildman–Crippen LogP) is 3.36. The van der Waals surface area contributed by atoms with Gasteiger partial charge in [-0.15, -0.1) is 0 Å². The maximum Gasteiger partial charge on any atom is 0.227 e. The van der Waals surface area contributed by atoms with Gasteiger partial charge in [-0.3, -0.25) is 9.59 Å². The van der Waals surface area contributed by atoms with Gasteiger partial charge in [0.15, 0.2) is 0 Å². The number of rotatable bonds is 7. The molecule has 0 saturated carbocycles. The van der Waals surface area contributed by atoms with Crippen LogP contribution in [0.4, 0.5) is 4.39 Å². The summed E-state index contributed by atoms with van der Waals surface area (Å²) in [4.78, 5) is 26.5. The fourth-order valence-electron chi connectivity index (χ4n) is 3.60. The summed E-state index contributed by atoms with van der Waals surface area (Å²) >= 11 is 0. The Morgan fingerprint density at radius 3 is 2.39 bits per heavy atom. The van der Waals surface area contributed by atoms with Crippen LogP contribution in [0, 0.1) is 11.7 Å². The van der Waals surface area contributed by atoms with Crippen LogP contribution in [-0.2, 0) is 22.4 Å². The number of carbonyl (C=O) groups is 2. The van der Waals surface area contributed by atoms with Crippen molar-refractivity contribution in [2.45, 2.75) is 32.1 Å². The Morgan fingerprint density at radius 1 is 1.00 bits per heavy atom. The molecule has 0 spiro atoms. The fourth-order valence-corrected chi connectivity index (χ4v) is 3.60. The van der Waals surface area contributed by atoms with Gasteiger partial charge in [-0.05, 0) is 42.9 Å². The number of benzene rings is 2. The van der Waals surface area contributed by atoms with Gasteiger partial charge in [-0.2, -0.15) is 0 Å². The molecule has 3 rings (SSSR count). The topological polar surface area (TPSA) is 49.4 Å². The summed E-state index contributed by atoms with van der Waals surface area (Å²) < 4.78 is 13.7. The molecular formula is C23H27FN2O2. The number of likely N-dealkylation sites (tertiary alicyclic amines) is 1. The number of hydrogen-bond acceptors (Lipinski definition) is 2. The molecule has 1 N–H and O–H groups in total. The first-order chi connectivity index (χ1) is 13.6. The summed E-state index contributed by atoms with van der Waals surface area (Å²) in [6.07, 6.45) is 3.25. The van der Waals surface area contributed by atoms with E-state index in [4.69, 9.17) is 0 Å². The molecule has 0 atom stereocenters. The van der Waals surface area contributed by atoms with Crippen LogP contribution in [0.3, 0.4) is 0 Å². The fraction of sp³-hybridized carbons (Fsp3) is 0.391. The van der Waals surface area contributed by atoms with Gasteiger partial charge in [0.25, 0.3) is 0 Å². The molecular weight excluding hydrogens is 355 g/mol. The molecule has 1 aliphatic heterocycles. The lowest BCUT2D eigenvalue weighted by atomic mass is 9.95. The second-order valence-corrected chi connectivity index (χ2v) is 7.30. The van der Waals surface area contributed by atoms with Gasteiger partial charge in [0.1, 0.15) is 5.82 Å². The molecule has 1 fully saturated rings. The Labute approximate surface area is 165 Å². The molecule has 0 aromatic heterocycles. The van der Waals surface area contributed by atoms with Crippen LogP contribution in [0.15, 0.2) is 54.6 Å². The van der Waals surface area contributed by atoms with Crippen molar-refractivity contribution in [2.75, 3.05) is 19.6 Å². The van der Waals surface area contributed by atoms with Crippen LogP contribution in [0.1, 0.15) is 30.4 Å². The quantitative estimate of drug-likeness (QED) is 0.747. The second kappa shape index (κ2) is 10.0. The zero-order valence-electron chi connectivity index (χ0n) is 16.1. The summed E-state index contributed by atoms with van der Waals surface area (Å²) in [6, 6.07) is 16.6. The van der Waals surface area contributed by atoms with E-state index in [2.05, 4.69) is 17.4 Å². The van der Waals surface area contributed by atoms with E-state index in [1.54, 1.807) is 23.1 Å². The molecule has 5 heteroatoms. The van der Waals surface area contributed by atoms with E-state index >= 15 is 0 Å². The SMILES string of the molecule is O=C(NCCCc1ccccc1)C1CCN(C(=O)Cc2ccccc2F)CC1. The highest BCUT2D eigenvalue weighted by atomic mass is 19.1. The summed E-state index contributed by atoms with van der Waals surface area (Å²) in [5, 5.41) is 3.02. The van der Waals surface area contributed by atoms with Gasteiger partial charge in [-0.1, -0.05) is 48.5 Å². The van der Waals surface area contributed by atoms with Crippen molar-refractivity contribution in [3.05, 3.63) is 71.5 Å². The Balaban J connectivity index is 1.36. The van der Waals surface area contributed by atoms with Gasteiger partial charge < -0.3 is 10.2 Å². The van der Waals surface area contributed by atoms with Crippen LogP contribution in [0.5, 0.6) is 0 Å². The maximum absolute atomic E-state index is 13.7. The molecule has 1 heterocycles. The Hall–Kier alpha value is -2.69. The normalized spacial score (nSPS) is 14.7. The molecule has 28 heavy (non-hydrogen) atoms. The number of hydrogen-bond donors (Lipinski definition) is 1. The van der Waals surface area contributed by atoms with E-state index in [0.717, 1.165) is 12.8 Å². The maximum atomic E-state index is 13.7. The van der Waals surface area contributed by atoms with Crippen LogP contribution < -0.4 is 5.32 Å². The minimum absolute atomic E-state index is 0.0470. The Morgan fingerprint density at radius 2 is 1.68 bits per heavy atom. The van der Waals surface area contributed by atoms with Gasteiger partial charge in [0.05, 0.1) is 6.42 Å². The van der Waals surface area contributed by atoms with Crippen molar-refractivity contribution >= 4 is 11.8 Å². The number of nitrogens with zero attached hydrogens (tertiary/aromatic N) is 1. The van der Waals surface area contributed by atoms with Gasteiger partial charge in [0.2, 0.25) is 11.8 Å². The van der Waals surface area contributed by atoms with Crippen LogP contribution in [0.25, 0.3) is 0 Å². The van der Waals surface area contributed by atoms with Gasteiger partial charge >= 0.3 is 0 Å². The number of carbonyl (C=O) groups excluding carboxylic acids is 2. The second-order valence-electron chi connectivity index (χ2n) is 7.30. The highest BCUT2D eigenvalue weighted by molar-refractivity contribution is 5.81. The number of aryl methyl sites for hydroxylation is 1. The molecule has 2 aromatic rings. The molecule has 1 saturated heterocycles. The summed E-state index contributed by atoms with van der Waals surface area (Å²) in [5.74, 6) is -0.393. The highest BCUT2D eigenvalue weighted by Gasteiger charge is 2.27. The van der Waals surface area contributed by atoms with E-state index in [0.29, 0.717) is 38.0 Å². The van der Waals surface area contributed by atoms with Crippen molar-refractivity contribution in [1.82, 2.24) is 10.2 Å². The monoisotopic (exact) mass is 382 g/mol. The number of halogens is 1. The first-order valence-corrected chi connectivity index (χ1v) is 9.96. The highest BCUT2D eigenvalue weighted by Crippen LogP contribution is 2.19. The number of amides is 2. The Kier molecular flexibility index (Phi) is 7.18. The van der Waals surface area contributed by atoms with Crippen LogP contribution >= 0.6 is 0 Å². The summed E-state index contributed by atoms with van der Waals surface area (Å²) in [6.45, 7) is 1.77. The van der Waals surface area contributed by atoms with Gasteiger partial charge in [0, 0.05) is 25.6 Å². The molecule has 0 bridgehead atoms. The smallest absolute Gasteiger partial charge is 0.227 e.